The number of amides is 1. The van der Waals surface area contributed by atoms with Gasteiger partial charge in [0.1, 0.15) is 5.65 Å². The van der Waals surface area contributed by atoms with E-state index in [4.69, 9.17) is 0 Å². The van der Waals surface area contributed by atoms with Gasteiger partial charge in [0.05, 0.1) is 11.8 Å². The van der Waals surface area contributed by atoms with Crippen LogP contribution in [0, 0.1) is 0 Å². The Kier molecular flexibility index (Phi) is 4.36. The number of aliphatic hydroxyl groups is 1. The highest BCUT2D eigenvalue weighted by Gasteiger charge is 2.19. The van der Waals surface area contributed by atoms with Crippen molar-refractivity contribution >= 4 is 11.6 Å². The molecule has 108 valence electrons. The van der Waals surface area contributed by atoms with Crippen LogP contribution in [0.15, 0.2) is 24.4 Å². The van der Waals surface area contributed by atoms with Crippen LogP contribution in [0.2, 0.25) is 0 Å². The first-order valence-corrected chi connectivity index (χ1v) is 6.56. The summed E-state index contributed by atoms with van der Waals surface area (Å²) in [5.41, 5.74) is 1.99. The Balaban J connectivity index is 2.38. The minimum Gasteiger partial charge on any atom is -0.392 e. The van der Waals surface area contributed by atoms with Crippen LogP contribution < -0.4 is 5.32 Å². The number of fused-ring (bicyclic) bond motifs is 1. The smallest absolute Gasteiger partial charge is 0.271 e. The molecule has 0 aliphatic heterocycles. The number of aliphatic hydroxyl groups excluding tert-OH is 1. The van der Waals surface area contributed by atoms with E-state index >= 15 is 0 Å². The van der Waals surface area contributed by atoms with Gasteiger partial charge in [-0.25, -0.2) is 4.98 Å². The first-order valence-electron chi connectivity index (χ1n) is 6.56. The van der Waals surface area contributed by atoms with Crippen LogP contribution in [0.25, 0.3) is 5.65 Å². The van der Waals surface area contributed by atoms with E-state index in [9.17, 15) is 9.90 Å². The molecule has 1 amide bonds. The van der Waals surface area contributed by atoms with Crippen molar-refractivity contribution in [2.45, 2.75) is 19.6 Å². The average Bonchev–Trinajstić information content (AvgIpc) is 2.74. The molecule has 2 aromatic rings. The molecule has 1 atom stereocenters. The van der Waals surface area contributed by atoms with E-state index in [1.54, 1.807) is 6.92 Å². The molecular weight excluding hydrogens is 256 g/mol. The first-order chi connectivity index (χ1) is 9.49. The minimum absolute atomic E-state index is 0.216. The quantitative estimate of drug-likeness (QED) is 0.834. The van der Waals surface area contributed by atoms with Crippen molar-refractivity contribution < 1.29 is 9.90 Å². The van der Waals surface area contributed by atoms with Crippen LogP contribution in [0.5, 0.6) is 0 Å². The molecule has 0 aromatic carbocycles. The largest absolute Gasteiger partial charge is 0.392 e. The van der Waals surface area contributed by atoms with Crippen molar-refractivity contribution in [2.24, 2.45) is 0 Å². The Labute approximate surface area is 118 Å². The zero-order valence-electron chi connectivity index (χ0n) is 12.0. The predicted molar refractivity (Wildman–Crippen MR) is 76.6 cm³/mol. The standard InChI is InChI=1S/C14H20N4O2/c1-10(19)8-15-14(20)13-11(9-17(2)3)18-7-5-4-6-12(18)16-13/h4-7,10,19H,8-9H2,1-3H3,(H,15,20). The van der Waals surface area contributed by atoms with Gasteiger partial charge in [0.25, 0.3) is 5.91 Å². The molecule has 0 radical (unpaired) electrons. The highest BCUT2D eigenvalue weighted by Crippen LogP contribution is 2.14. The number of carbonyl (C=O) groups is 1. The molecule has 0 aliphatic carbocycles. The van der Waals surface area contributed by atoms with Crippen LogP contribution in [-0.2, 0) is 6.54 Å². The third kappa shape index (κ3) is 3.15. The van der Waals surface area contributed by atoms with Crippen molar-refractivity contribution in [1.29, 1.82) is 0 Å². The highest BCUT2D eigenvalue weighted by atomic mass is 16.3. The molecule has 0 saturated carbocycles. The Bertz CT molecular complexity index is 604. The number of nitrogens with one attached hydrogen (secondary N) is 1. The van der Waals surface area contributed by atoms with Gasteiger partial charge in [0, 0.05) is 19.3 Å². The van der Waals surface area contributed by atoms with Gasteiger partial charge in [0.2, 0.25) is 0 Å². The summed E-state index contributed by atoms with van der Waals surface area (Å²) in [4.78, 5) is 18.6. The molecule has 0 saturated heterocycles. The third-order valence-corrected chi connectivity index (χ3v) is 2.87. The van der Waals surface area contributed by atoms with E-state index in [1.165, 1.54) is 0 Å². The van der Waals surface area contributed by atoms with Crippen molar-refractivity contribution in [3.05, 3.63) is 35.8 Å². The van der Waals surface area contributed by atoms with Gasteiger partial charge >= 0.3 is 0 Å². The topological polar surface area (TPSA) is 69.9 Å². The second-order valence-corrected chi connectivity index (χ2v) is 5.13. The molecule has 2 N–H and O–H groups in total. The maximum atomic E-state index is 12.2. The second kappa shape index (κ2) is 6.02. The van der Waals surface area contributed by atoms with E-state index in [1.807, 2.05) is 47.8 Å². The summed E-state index contributed by atoms with van der Waals surface area (Å²) in [5, 5.41) is 11.9. The number of rotatable bonds is 5. The van der Waals surface area contributed by atoms with Gasteiger partial charge in [-0.15, -0.1) is 0 Å². The lowest BCUT2D eigenvalue weighted by Crippen LogP contribution is -2.31. The lowest BCUT2D eigenvalue weighted by molar-refractivity contribution is 0.0918. The number of imidazole rings is 1. The van der Waals surface area contributed by atoms with E-state index in [0.29, 0.717) is 12.2 Å². The Morgan fingerprint density at radius 3 is 2.90 bits per heavy atom. The van der Waals surface area contributed by atoms with Crippen LogP contribution in [0.3, 0.4) is 0 Å². The van der Waals surface area contributed by atoms with Crippen molar-refractivity contribution in [3.8, 4) is 0 Å². The second-order valence-electron chi connectivity index (χ2n) is 5.13. The normalized spacial score (nSPS) is 12.8. The zero-order chi connectivity index (χ0) is 14.7. The summed E-state index contributed by atoms with van der Waals surface area (Å²) in [6.07, 6.45) is 1.32. The Hall–Kier alpha value is -1.92. The van der Waals surface area contributed by atoms with Crippen molar-refractivity contribution in [1.82, 2.24) is 19.6 Å². The Morgan fingerprint density at radius 1 is 1.50 bits per heavy atom. The fraction of sp³-hybridized carbons (Fsp3) is 0.429. The third-order valence-electron chi connectivity index (χ3n) is 2.87. The number of aromatic nitrogens is 2. The van der Waals surface area contributed by atoms with E-state index in [0.717, 1.165) is 11.3 Å². The van der Waals surface area contributed by atoms with E-state index in [2.05, 4.69) is 10.3 Å². The maximum Gasteiger partial charge on any atom is 0.271 e. The summed E-state index contributed by atoms with van der Waals surface area (Å²) in [6.45, 7) is 2.46. The van der Waals surface area contributed by atoms with Crippen LogP contribution in [0.1, 0.15) is 23.1 Å². The molecule has 0 aliphatic rings. The zero-order valence-corrected chi connectivity index (χ0v) is 12.0. The summed E-state index contributed by atoms with van der Waals surface area (Å²) in [5.74, 6) is -0.258. The van der Waals surface area contributed by atoms with Gasteiger partial charge < -0.3 is 19.7 Å². The molecule has 0 bridgehead atoms. The van der Waals surface area contributed by atoms with Gasteiger partial charge in [0.15, 0.2) is 5.69 Å². The van der Waals surface area contributed by atoms with Gasteiger partial charge in [-0.3, -0.25) is 4.79 Å². The molecule has 2 aromatic heterocycles. The summed E-state index contributed by atoms with van der Waals surface area (Å²) in [7, 11) is 3.89. The SMILES string of the molecule is CC(O)CNC(=O)c1nc2ccccn2c1CN(C)C. The lowest BCUT2D eigenvalue weighted by Gasteiger charge is -2.11. The fourth-order valence-corrected chi connectivity index (χ4v) is 2.00. The molecule has 20 heavy (non-hydrogen) atoms. The predicted octanol–water partition coefficient (Wildman–Crippen LogP) is 0.506. The highest BCUT2D eigenvalue weighted by molar-refractivity contribution is 5.94. The van der Waals surface area contributed by atoms with Crippen LogP contribution >= 0.6 is 0 Å². The fourth-order valence-electron chi connectivity index (χ4n) is 2.00. The summed E-state index contributed by atoms with van der Waals surface area (Å²) in [6, 6.07) is 5.66. The van der Waals surface area contributed by atoms with Crippen molar-refractivity contribution in [2.75, 3.05) is 20.6 Å². The van der Waals surface area contributed by atoms with Gasteiger partial charge in [-0.05, 0) is 33.2 Å². The van der Waals surface area contributed by atoms with Gasteiger partial charge in [-0.2, -0.15) is 0 Å². The minimum atomic E-state index is -0.576. The van der Waals surface area contributed by atoms with E-state index in [-0.39, 0.29) is 12.5 Å². The number of nitrogens with zero attached hydrogens (tertiary/aromatic N) is 3. The lowest BCUT2D eigenvalue weighted by atomic mass is 10.2. The molecule has 0 fully saturated rings. The summed E-state index contributed by atoms with van der Waals surface area (Å²) >= 11 is 0. The van der Waals surface area contributed by atoms with Crippen molar-refractivity contribution in [3.63, 3.8) is 0 Å². The van der Waals surface area contributed by atoms with Crippen LogP contribution in [0.4, 0.5) is 0 Å². The molecule has 2 rings (SSSR count). The van der Waals surface area contributed by atoms with Crippen LogP contribution in [-0.4, -0.2) is 52.0 Å². The maximum absolute atomic E-state index is 12.2. The average molecular weight is 276 g/mol. The number of hydrogen-bond donors (Lipinski definition) is 2. The first kappa shape index (κ1) is 14.5. The number of carbonyl (C=O) groups excluding carboxylic acids is 1. The summed E-state index contributed by atoms with van der Waals surface area (Å²) < 4.78 is 1.91. The number of pyridine rings is 1. The molecule has 2 heterocycles. The molecular formula is C14H20N4O2. The Morgan fingerprint density at radius 2 is 2.25 bits per heavy atom. The molecule has 6 heteroatoms. The molecule has 1 unspecified atom stereocenters. The number of hydrogen-bond acceptors (Lipinski definition) is 4. The molecule has 6 nitrogen and oxygen atoms in total. The monoisotopic (exact) mass is 276 g/mol. The van der Waals surface area contributed by atoms with E-state index < -0.39 is 6.10 Å². The van der Waals surface area contributed by atoms with Gasteiger partial charge in [-0.1, -0.05) is 6.07 Å². The molecule has 0 spiro atoms.